The highest BCUT2D eigenvalue weighted by Crippen LogP contribution is 2.18. The molecular weight excluding hydrogens is 428 g/mol. The number of carbonyl (C=O) groups excluding carboxylic acids is 2. The lowest BCUT2D eigenvalue weighted by Crippen LogP contribution is -2.36. The smallest absolute Gasteiger partial charge is 0.223 e. The molecule has 3 rings (SSSR count). The Morgan fingerprint density at radius 2 is 1.91 bits per heavy atom. The van der Waals surface area contributed by atoms with Gasteiger partial charge in [0.2, 0.25) is 21.8 Å². The predicted octanol–water partition coefficient (Wildman–Crippen LogP) is 1.12. The van der Waals surface area contributed by atoms with Crippen molar-refractivity contribution in [3.8, 4) is 0 Å². The fraction of sp³-hybridized carbons (Fsp3) is 0.652. The normalized spacial score (nSPS) is 21.8. The van der Waals surface area contributed by atoms with Gasteiger partial charge in [0.25, 0.3) is 0 Å². The highest BCUT2D eigenvalue weighted by molar-refractivity contribution is 7.88. The van der Waals surface area contributed by atoms with Crippen molar-refractivity contribution >= 4 is 21.8 Å². The molecule has 1 unspecified atom stereocenters. The number of fused-ring (bicyclic) bond motifs is 1. The largest absolute Gasteiger partial charge is 0.356 e. The number of hydrogen-bond donors (Lipinski definition) is 2. The Bertz CT molecular complexity index is 890. The van der Waals surface area contributed by atoms with E-state index in [4.69, 9.17) is 0 Å². The van der Waals surface area contributed by atoms with Crippen LogP contribution in [0.3, 0.4) is 0 Å². The molecular formula is C23H36N4O4S. The van der Waals surface area contributed by atoms with Crippen molar-refractivity contribution in [2.75, 3.05) is 45.5 Å². The summed E-state index contributed by atoms with van der Waals surface area (Å²) in [6.45, 7) is 4.53. The number of rotatable bonds is 6. The molecule has 9 heteroatoms. The summed E-state index contributed by atoms with van der Waals surface area (Å²) in [4.78, 5) is 27.1. The van der Waals surface area contributed by atoms with Crippen LogP contribution in [-0.4, -0.2) is 75.0 Å². The van der Waals surface area contributed by atoms with Crippen molar-refractivity contribution < 1.29 is 18.0 Å². The lowest BCUT2D eigenvalue weighted by atomic mass is 9.98. The molecule has 2 aliphatic rings. The van der Waals surface area contributed by atoms with E-state index in [1.54, 1.807) is 0 Å². The second-order valence-corrected chi connectivity index (χ2v) is 10.8. The molecule has 2 heterocycles. The summed E-state index contributed by atoms with van der Waals surface area (Å²) in [5.41, 5.74) is 2.83. The maximum Gasteiger partial charge on any atom is 0.223 e. The van der Waals surface area contributed by atoms with Gasteiger partial charge in [0, 0.05) is 58.2 Å². The summed E-state index contributed by atoms with van der Waals surface area (Å²) in [5, 5.41) is 5.86. The second kappa shape index (κ2) is 11.8. The molecule has 1 saturated heterocycles. The summed E-state index contributed by atoms with van der Waals surface area (Å²) >= 11 is 0. The number of carbonyl (C=O) groups is 2. The van der Waals surface area contributed by atoms with E-state index in [0.717, 1.165) is 38.7 Å². The molecule has 2 amide bonds. The van der Waals surface area contributed by atoms with E-state index in [1.165, 1.54) is 15.4 Å². The van der Waals surface area contributed by atoms with Crippen LogP contribution in [0.5, 0.6) is 0 Å². The maximum absolute atomic E-state index is 12.8. The van der Waals surface area contributed by atoms with Gasteiger partial charge in [-0.15, -0.1) is 0 Å². The third-order valence-corrected chi connectivity index (χ3v) is 7.67. The number of hydrogen-bond acceptors (Lipinski definition) is 5. The van der Waals surface area contributed by atoms with Gasteiger partial charge in [-0.1, -0.05) is 24.3 Å². The first-order chi connectivity index (χ1) is 15.3. The predicted molar refractivity (Wildman–Crippen MR) is 124 cm³/mol. The summed E-state index contributed by atoms with van der Waals surface area (Å²) in [7, 11) is -3.37. The molecule has 0 spiro atoms. The van der Waals surface area contributed by atoms with Crippen LogP contribution in [-0.2, 0) is 32.6 Å². The molecule has 8 nitrogen and oxygen atoms in total. The van der Waals surface area contributed by atoms with Gasteiger partial charge in [0.05, 0.1) is 6.26 Å². The number of benzene rings is 1. The Kier molecular flexibility index (Phi) is 9.07. The molecule has 0 radical (unpaired) electrons. The topological polar surface area (TPSA) is 98.8 Å². The minimum absolute atomic E-state index is 0.00612. The monoisotopic (exact) mass is 464 g/mol. The van der Waals surface area contributed by atoms with Crippen LogP contribution in [0.25, 0.3) is 0 Å². The van der Waals surface area contributed by atoms with Crippen LogP contribution >= 0.6 is 0 Å². The molecule has 0 bridgehead atoms. The first-order valence-electron chi connectivity index (χ1n) is 11.6. The maximum atomic E-state index is 12.8. The number of amides is 2. The molecule has 2 aliphatic heterocycles. The molecule has 1 aromatic carbocycles. The van der Waals surface area contributed by atoms with Gasteiger partial charge in [0.1, 0.15) is 0 Å². The summed E-state index contributed by atoms with van der Waals surface area (Å²) in [6, 6.07) is 8.57. The average Bonchev–Trinajstić information content (AvgIpc) is 2.80. The standard InChI is InChI=1S/C23H36N4O4S/c1-32(30,31)27-15-4-8-20(9-13-24-22(28)11-17-27)23(29)25-12-5-14-26-16-10-19-6-2-3-7-21(19)18-26/h2-3,6-7,20H,4-5,8-18H2,1H3,(H,24,28)(H,25,29). The minimum atomic E-state index is -3.37. The van der Waals surface area contributed by atoms with Crippen molar-refractivity contribution in [3.63, 3.8) is 0 Å². The Hall–Kier alpha value is -1.97. The van der Waals surface area contributed by atoms with Gasteiger partial charge >= 0.3 is 0 Å². The van der Waals surface area contributed by atoms with Crippen LogP contribution in [0.2, 0.25) is 0 Å². The Morgan fingerprint density at radius 1 is 1.12 bits per heavy atom. The molecule has 1 atom stereocenters. The van der Waals surface area contributed by atoms with Gasteiger partial charge in [-0.3, -0.25) is 14.5 Å². The van der Waals surface area contributed by atoms with Gasteiger partial charge in [-0.05, 0) is 43.2 Å². The highest BCUT2D eigenvalue weighted by atomic mass is 32.2. The first-order valence-corrected chi connectivity index (χ1v) is 13.5. The van der Waals surface area contributed by atoms with Crippen LogP contribution in [0.1, 0.15) is 43.2 Å². The molecule has 0 aromatic heterocycles. The fourth-order valence-corrected chi connectivity index (χ4v) is 5.35. The van der Waals surface area contributed by atoms with Crippen LogP contribution < -0.4 is 10.6 Å². The van der Waals surface area contributed by atoms with Gasteiger partial charge < -0.3 is 10.6 Å². The van der Waals surface area contributed by atoms with Crippen molar-refractivity contribution in [3.05, 3.63) is 35.4 Å². The molecule has 1 aromatic rings. The van der Waals surface area contributed by atoms with Crippen LogP contribution in [0.15, 0.2) is 24.3 Å². The zero-order valence-corrected chi connectivity index (χ0v) is 19.8. The summed E-state index contributed by atoms with van der Waals surface area (Å²) in [5.74, 6) is -0.409. The van der Waals surface area contributed by atoms with Gasteiger partial charge in [0.15, 0.2) is 0 Å². The number of nitrogens with zero attached hydrogens (tertiary/aromatic N) is 2. The van der Waals surface area contributed by atoms with E-state index >= 15 is 0 Å². The SMILES string of the molecule is CS(=O)(=O)N1CCCC(C(=O)NCCCN2CCc3ccccc3C2)CCNC(=O)CC1. The Labute approximate surface area is 191 Å². The Balaban J connectivity index is 1.43. The molecule has 178 valence electrons. The highest BCUT2D eigenvalue weighted by Gasteiger charge is 2.23. The summed E-state index contributed by atoms with van der Waals surface area (Å²) in [6.07, 6.45) is 5.04. The minimum Gasteiger partial charge on any atom is -0.356 e. The van der Waals surface area contributed by atoms with E-state index in [0.29, 0.717) is 38.9 Å². The van der Waals surface area contributed by atoms with E-state index in [9.17, 15) is 18.0 Å². The van der Waals surface area contributed by atoms with Gasteiger partial charge in [-0.2, -0.15) is 0 Å². The van der Waals surface area contributed by atoms with Crippen molar-refractivity contribution in [1.82, 2.24) is 19.8 Å². The summed E-state index contributed by atoms with van der Waals surface area (Å²) < 4.78 is 25.2. The zero-order chi connectivity index (χ0) is 23.0. The zero-order valence-electron chi connectivity index (χ0n) is 19.0. The molecule has 1 fully saturated rings. The van der Waals surface area contributed by atoms with Crippen LogP contribution in [0, 0.1) is 5.92 Å². The average molecular weight is 465 g/mol. The van der Waals surface area contributed by atoms with Crippen molar-refractivity contribution in [1.29, 1.82) is 0 Å². The van der Waals surface area contributed by atoms with E-state index in [2.05, 4.69) is 39.8 Å². The molecule has 32 heavy (non-hydrogen) atoms. The van der Waals surface area contributed by atoms with E-state index < -0.39 is 10.0 Å². The Morgan fingerprint density at radius 3 is 2.69 bits per heavy atom. The lowest BCUT2D eigenvalue weighted by molar-refractivity contribution is -0.126. The fourth-order valence-electron chi connectivity index (χ4n) is 4.47. The molecule has 2 N–H and O–H groups in total. The van der Waals surface area contributed by atoms with Crippen molar-refractivity contribution in [2.24, 2.45) is 5.92 Å². The first kappa shape index (κ1) is 24.7. The van der Waals surface area contributed by atoms with Crippen LogP contribution in [0.4, 0.5) is 0 Å². The van der Waals surface area contributed by atoms with Gasteiger partial charge in [-0.25, -0.2) is 12.7 Å². The molecule has 0 saturated carbocycles. The third kappa shape index (κ3) is 7.56. The van der Waals surface area contributed by atoms with Crippen molar-refractivity contribution in [2.45, 2.75) is 45.1 Å². The van der Waals surface area contributed by atoms with E-state index in [-0.39, 0.29) is 30.7 Å². The second-order valence-electron chi connectivity index (χ2n) is 8.83. The number of nitrogens with one attached hydrogen (secondary N) is 2. The quantitative estimate of drug-likeness (QED) is 0.615. The van der Waals surface area contributed by atoms with E-state index in [1.807, 2.05) is 0 Å². The lowest BCUT2D eigenvalue weighted by Gasteiger charge is -2.28. The number of sulfonamides is 1. The third-order valence-electron chi connectivity index (χ3n) is 6.36. The molecule has 0 aliphatic carbocycles.